The fourth-order valence-electron chi connectivity index (χ4n) is 2.93. The second-order valence-electron chi connectivity index (χ2n) is 5.90. The van der Waals surface area contributed by atoms with Gasteiger partial charge >= 0.3 is 0 Å². The van der Waals surface area contributed by atoms with Crippen LogP contribution in [0.5, 0.6) is 0 Å². The van der Waals surface area contributed by atoms with Crippen molar-refractivity contribution >= 4 is 5.91 Å². The fourth-order valence-corrected chi connectivity index (χ4v) is 2.93. The van der Waals surface area contributed by atoms with E-state index in [1.807, 2.05) is 0 Å². The molecular formula is C14H27N3O3. The molecule has 3 N–H and O–H groups in total. The van der Waals surface area contributed by atoms with Crippen molar-refractivity contribution in [1.82, 2.24) is 10.3 Å². The van der Waals surface area contributed by atoms with Crippen molar-refractivity contribution in [2.45, 2.75) is 50.9 Å². The zero-order chi connectivity index (χ0) is 14.5. The average molecular weight is 285 g/mol. The maximum Gasteiger partial charge on any atom is 0.263 e. The monoisotopic (exact) mass is 285 g/mol. The lowest BCUT2D eigenvalue weighted by atomic mass is 10.1. The zero-order valence-electron chi connectivity index (χ0n) is 12.5. The van der Waals surface area contributed by atoms with Gasteiger partial charge < -0.3 is 9.47 Å². The topological polar surface area (TPSA) is 76.8 Å². The van der Waals surface area contributed by atoms with Crippen LogP contribution in [-0.2, 0) is 14.3 Å². The molecule has 0 spiro atoms. The first kappa shape index (κ1) is 15.7. The molecule has 0 radical (unpaired) electrons. The van der Waals surface area contributed by atoms with E-state index < -0.39 is 0 Å². The van der Waals surface area contributed by atoms with Crippen LogP contribution in [0, 0.1) is 5.92 Å². The number of hydrogen-bond donors (Lipinski definition) is 2. The van der Waals surface area contributed by atoms with E-state index in [2.05, 4.69) is 17.2 Å². The normalized spacial score (nSPS) is 27.8. The first-order valence-corrected chi connectivity index (χ1v) is 7.54. The van der Waals surface area contributed by atoms with Crippen LogP contribution in [-0.4, -0.2) is 55.9 Å². The molecule has 0 bridgehead atoms. The van der Waals surface area contributed by atoms with E-state index in [-0.39, 0.29) is 18.1 Å². The molecule has 0 aromatic carbocycles. The van der Waals surface area contributed by atoms with Crippen molar-refractivity contribution in [2.75, 3.05) is 26.8 Å². The zero-order valence-corrected chi connectivity index (χ0v) is 12.5. The molecule has 20 heavy (non-hydrogen) atoms. The Morgan fingerprint density at radius 1 is 1.45 bits per heavy atom. The quantitative estimate of drug-likeness (QED) is 0.380. The summed E-state index contributed by atoms with van der Waals surface area (Å²) >= 11 is 0. The molecule has 1 aliphatic heterocycles. The van der Waals surface area contributed by atoms with Crippen LogP contribution in [0.1, 0.15) is 32.6 Å². The lowest BCUT2D eigenvalue weighted by Gasteiger charge is -2.31. The van der Waals surface area contributed by atoms with Gasteiger partial charge in [-0.2, -0.15) is 0 Å². The average Bonchev–Trinajstić information content (AvgIpc) is 3.21. The first-order chi connectivity index (χ1) is 9.65. The van der Waals surface area contributed by atoms with Gasteiger partial charge in [0, 0.05) is 26.2 Å². The lowest BCUT2D eigenvalue weighted by molar-refractivity contribution is -0.132. The van der Waals surface area contributed by atoms with Crippen LogP contribution in [0.3, 0.4) is 0 Å². The summed E-state index contributed by atoms with van der Waals surface area (Å²) in [6.07, 6.45) is 4.06. The molecule has 0 aromatic rings. The molecule has 116 valence electrons. The summed E-state index contributed by atoms with van der Waals surface area (Å²) < 4.78 is 11.0. The van der Waals surface area contributed by atoms with Crippen LogP contribution in [0.2, 0.25) is 0 Å². The van der Waals surface area contributed by atoms with Gasteiger partial charge in [0.1, 0.15) is 6.10 Å². The molecule has 2 fully saturated rings. The smallest absolute Gasteiger partial charge is 0.263 e. The number of ether oxygens (including phenoxy) is 2. The lowest BCUT2D eigenvalue weighted by Crippen LogP contribution is -2.43. The van der Waals surface area contributed by atoms with E-state index in [0.29, 0.717) is 6.04 Å². The number of nitrogens with two attached hydrogens (primary N) is 1. The minimum absolute atomic E-state index is 0.121. The van der Waals surface area contributed by atoms with Crippen LogP contribution in [0.15, 0.2) is 0 Å². The number of rotatable bonds is 8. The fraction of sp³-hybridized carbons (Fsp3) is 0.929. The van der Waals surface area contributed by atoms with Crippen LogP contribution < -0.4 is 11.3 Å². The van der Waals surface area contributed by atoms with Gasteiger partial charge in [0.25, 0.3) is 5.91 Å². The molecule has 6 nitrogen and oxygen atoms in total. The Bertz CT molecular complexity index is 323. The molecule has 1 saturated carbocycles. The van der Waals surface area contributed by atoms with E-state index in [0.717, 1.165) is 38.5 Å². The molecule has 3 atom stereocenters. The van der Waals surface area contributed by atoms with E-state index >= 15 is 0 Å². The number of carbonyl (C=O) groups is 1. The van der Waals surface area contributed by atoms with Gasteiger partial charge in [0.2, 0.25) is 0 Å². The van der Waals surface area contributed by atoms with Crippen molar-refractivity contribution in [3.05, 3.63) is 0 Å². The predicted octanol–water partition coefficient (Wildman–Crippen LogP) is 0.271. The molecule has 2 aliphatic rings. The molecule has 1 heterocycles. The van der Waals surface area contributed by atoms with E-state index in [9.17, 15) is 4.79 Å². The minimum atomic E-state index is -0.384. The molecule has 2 rings (SSSR count). The molecule has 3 unspecified atom stereocenters. The van der Waals surface area contributed by atoms with Gasteiger partial charge in [0.05, 0.1) is 12.7 Å². The second kappa shape index (κ2) is 7.36. The Morgan fingerprint density at radius 2 is 2.20 bits per heavy atom. The highest BCUT2D eigenvalue weighted by Crippen LogP contribution is 2.35. The Balaban J connectivity index is 1.82. The van der Waals surface area contributed by atoms with Crippen molar-refractivity contribution in [1.29, 1.82) is 0 Å². The standard InChI is InChI=1S/C14H27N3O3/c1-10(11-3-4-11)17(7-8-19-2)9-12-5-6-13(20-12)14(18)16-15/h10-13H,3-9,15H2,1-2H3,(H,16,18). The van der Waals surface area contributed by atoms with E-state index in [1.54, 1.807) is 7.11 Å². The van der Waals surface area contributed by atoms with Gasteiger partial charge in [-0.1, -0.05) is 0 Å². The highest BCUT2D eigenvalue weighted by molar-refractivity contribution is 5.80. The Kier molecular flexibility index (Phi) is 5.77. The minimum Gasteiger partial charge on any atom is -0.383 e. The van der Waals surface area contributed by atoms with Crippen LogP contribution in [0.25, 0.3) is 0 Å². The van der Waals surface area contributed by atoms with Crippen molar-refractivity contribution in [3.63, 3.8) is 0 Å². The van der Waals surface area contributed by atoms with Gasteiger partial charge in [-0.25, -0.2) is 5.84 Å². The summed E-state index contributed by atoms with van der Waals surface area (Å²) in [6, 6.07) is 0.566. The number of nitrogens with one attached hydrogen (secondary N) is 1. The molecule has 1 amide bonds. The largest absolute Gasteiger partial charge is 0.383 e. The van der Waals surface area contributed by atoms with Gasteiger partial charge in [0.15, 0.2) is 0 Å². The summed E-state index contributed by atoms with van der Waals surface area (Å²) in [5.41, 5.74) is 2.17. The molecular weight excluding hydrogens is 258 g/mol. The Labute approximate surface area is 120 Å². The van der Waals surface area contributed by atoms with E-state index in [4.69, 9.17) is 15.3 Å². The number of methoxy groups -OCH3 is 1. The summed E-state index contributed by atoms with van der Waals surface area (Å²) in [4.78, 5) is 13.9. The third kappa shape index (κ3) is 4.15. The molecule has 6 heteroatoms. The Hall–Kier alpha value is -0.690. The first-order valence-electron chi connectivity index (χ1n) is 7.54. The molecule has 1 saturated heterocycles. The Morgan fingerprint density at radius 3 is 2.80 bits per heavy atom. The van der Waals surface area contributed by atoms with Gasteiger partial charge in [-0.15, -0.1) is 0 Å². The van der Waals surface area contributed by atoms with Gasteiger partial charge in [-0.05, 0) is 38.5 Å². The summed E-state index contributed by atoms with van der Waals surface area (Å²) in [5.74, 6) is 5.75. The predicted molar refractivity (Wildman–Crippen MR) is 75.9 cm³/mol. The summed E-state index contributed by atoms with van der Waals surface area (Å²) in [7, 11) is 1.73. The number of nitrogens with zero attached hydrogens (tertiary/aromatic N) is 1. The summed E-state index contributed by atoms with van der Waals surface area (Å²) in [6.45, 7) is 4.81. The SMILES string of the molecule is COCCN(CC1CCC(C(=O)NN)O1)C(C)C1CC1. The maximum atomic E-state index is 11.5. The number of amides is 1. The molecule has 1 aliphatic carbocycles. The van der Waals surface area contributed by atoms with Crippen LogP contribution >= 0.6 is 0 Å². The van der Waals surface area contributed by atoms with Crippen molar-refractivity contribution in [2.24, 2.45) is 11.8 Å². The van der Waals surface area contributed by atoms with Crippen molar-refractivity contribution in [3.8, 4) is 0 Å². The highest BCUT2D eigenvalue weighted by Gasteiger charge is 2.36. The van der Waals surface area contributed by atoms with Crippen LogP contribution in [0.4, 0.5) is 0 Å². The highest BCUT2D eigenvalue weighted by atomic mass is 16.5. The number of hydrazine groups is 1. The van der Waals surface area contributed by atoms with Gasteiger partial charge in [-0.3, -0.25) is 15.1 Å². The molecule has 0 aromatic heterocycles. The van der Waals surface area contributed by atoms with Crippen molar-refractivity contribution < 1.29 is 14.3 Å². The summed E-state index contributed by atoms with van der Waals surface area (Å²) in [5, 5.41) is 0. The van der Waals surface area contributed by atoms with E-state index in [1.165, 1.54) is 12.8 Å². The third-order valence-corrected chi connectivity index (χ3v) is 4.44. The number of carbonyl (C=O) groups excluding carboxylic acids is 1. The third-order valence-electron chi connectivity index (χ3n) is 4.44. The maximum absolute atomic E-state index is 11.5. The second-order valence-corrected chi connectivity index (χ2v) is 5.90. The number of hydrogen-bond acceptors (Lipinski definition) is 5.